The second-order valence-electron chi connectivity index (χ2n) is 6.67. The predicted octanol–water partition coefficient (Wildman–Crippen LogP) is 4.02. The smallest absolute Gasteiger partial charge is 0.325 e. The summed E-state index contributed by atoms with van der Waals surface area (Å²) in [6.45, 7) is 2.63. The normalized spacial score (nSPS) is 16.6. The highest BCUT2D eigenvalue weighted by Crippen LogP contribution is 2.31. The summed E-state index contributed by atoms with van der Waals surface area (Å²) in [5.41, 5.74) is 2.65. The van der Waals surface area contributed by atoms with Crippen LogP contribution in [-0.4, -0.2) is 47.1 Å². The summed E-state index contributed by atoms with van der Waals surface area (Å²) < 4.78 is 14.0. The van der Waals surface area contributed by atoms with Crippen LogP contribution in [0.4, 0.5) is 10.1 Å². The molecule has 140 valence electrons. The Balaban J connectivity index is 1.56. The van der Waals surface area contributed by atoms with Gasteiger partial charge in [-0.2, -0.15) is 0 Å². The van der Waals surface area contributed by atoms with Gasteiger partial charge >= 0.3 is 5.97 Å². The molecule has 1 aliphatic heterocycles. The first kappa shape index (κ1) is 18.0. The van der Waals surface area contributed by atoms with E-state index >= 15 is 0 Å². The van der Waals surface area contributed by atoms with Crippen molar-refractivity contribution in [2.75, 3.05) is 31.1 Å². The van der Waals surface area contributed by atoms with Gasteiger partial charge in [0.2, 0.25) is 0 Å². The molecular weight excluding hydrogens is 413 g/mol. The number of nitrogens with zero attached hydrogens (tertiary/aromatic N) is 2. The van der Waals surface area contributed by atoms with Crippen LogP contribution >= 0.6 is 15.9 Å². The number of aliphatic carboxylic acids is 1. The molecule has 0 saturated carbocycles. The van der Waals surface area contributed by atoms with Gasteiger partial charge in [-0.1, -0.05) is 15.9 Å². The second kappa shape index (κ2) is 7.32. The third-order valence-corrected chi connectivity index (χ3v) is 5.57. The van der Waals surface area contributed by atoms with Crippen LogP contribution in [0.2, 0.25) is 0 Å². The van der Waals surface area contributed by atoms with Crippen molar-refractivity contribution in [1.29, 1.82) is 0 Å². The number of carboxylic acids is 1. The number of hydrogen-bond acceptors (Lipinski definition) is 3. The summed E-state index contributed by atoms with van der Waals surface area (Å²) in [7, 11) is 0. The lowest BCUT2D eigenvalue weighted by Gasteiger charge is -2.38. The Morgan fingerprint density at radius 1 is 1.11 bits per heavy atom. The Morgan fingerprint density at radius 2 is 1.81 bits per heavy atom. The lowest BCUT2D eigenvalue weighted by Crippen LogP contribution is -2.49. The van der Waals surface area contributed by atoms with E-state index in [1.165, 1.54) is 12.1 Å². The molecule has 27 heavy (non-hydrogen) atoms. The summed E-state index contributed by atoms with van der Waals surface area (Å²) in [5, 5.41) is 10.8. The zero-order valence-corrected chi connectivity index (χ0v) is 16.1. The highest BCUT2D eigenvalue weighted by Gasteiger charge is 2.32. The summed E-state index contributed by atoms with van der Waals surface area (Å²) in [6.07, 6.45) is 1.79. The minimum Gasteiger partial charge on any atom is -0.480 e. The molecular formula is C20H19BrFN3O2. The van der Waals surface area contributed by atoms with E-state index in [0.717, 1.165) is 26.6 Å². The molecule has 1 unspecified atom stereocenters. The summed E-state index contributed by atoms with van der Waals surface area (Å²) in [5.74, 6) is -1.11. The molecule has 1 aliphatic rings. The van der Waals surface area contributed by atoms with Gasteiger partial charge in [0.15, 0.2) is 0 Å². The molecule has 1 fully saturated rings. The molecule has 2 N–H and O–H groups in total. The molecule has 0 aliphatic carbocycles. The topological polar surface area (TPSA) is 59.6 Å². The van der Waals surface area contributed by atoms with Crippen LogP contribution < -0.4 is 4.90 Å². The fraction of sp³-hybridized carbons (Fsp3) is 0.250. The maximum atomic E-state index is 13.1. The molecule has 1 saturated heterocycles. The van der Waals surface area contributed by atoms with Gasteiger partial charge < -0.3 is 15.0 Å². The van der Waals surface area contributed by atoms with Crippen LogP contribution in [0, 0.1) is 5.82 Å². The number of rotatable bonds is 4. The molecule has 0 spiro atoms. The molecule has 5 nitrogen and oxygen atoms in total. The van der Waals surface area contributed by atoms with E-state index in [2.05, 4.69) is 25.8 Å². The van der Waals surface area contributed by atoms with Crippen LogP contribution in [0.15, 0.2) is 53.1 Å². The monoisotopic (exact) mass is 431 g/mol. The van der Waals surface area contributed by atoms with Crippen molar-refractivity contribution < 1.29 is 14.3 Å². The third-order valence-electron chi connectivity index (χ3n) is 5.08. The number of benzene rings is 2. The number of hydrogen-bond donors (Lipinski definition) is 2. The van der Waals surface area contributed by atoms with Crippen molar-refractivity contribution in [2.24, 2.45) is 0 Å². The van der Waals surface area contributed by atoms with Crippen LogP contribution in [0.25, 0.3) is 10.9 Å². The minimum atomic E-state index is -0.855. The molecule has 0 radical (unpaired) electrons. The lowest BCUT2D eigenvalue weighted by atomic mass is 10.0. The van der Waals surface area contributed by atoms with E-state index in [0.29, 0.717) is 26.2 Å². The Labute approximate surface area is 164 Å². The van der Waals surface area contributed by atoms with Crippen LogP contribution in [0.5, 0.6) is 0 Å². The Morgan fingerprint density at radius 3 is 2.48 bits per heavy atom. The van der Waals surface area contributed by atoms with E-state index in [4.69, 9.17) is 0 Å². The third kappa shape index (κ3) is 3.57. The number of aromatic nitrogens is 1. The van der Waals surface area contributed by atoms with E-state index in [9.17, 15) is 14.3 Å². The number of carbonyl (C=O) groups is 1. The van der Waals surface area contributed by atoms with E-state index < -0.39 is 12.0 Å². The standard InChI is InChI=1S/C20H19BrFN3O2/c21-13-1-6-18-16(11-13)17(12-23-18)19(20(26)27)25-9-7-24(8-10-25)15-4-2-14(22)3-5-15/h1-6,11-12,19,23H,7-10H2,(H,26,27). The van der Waals surface area contributed by atoms with E-state index in [1.807, 2.05) is 23.1 Å². The van der Waals surface area contributed by atoms with Gasteiger partial charge in [-0.3, -0.25) is 9.69 Å². The van der Waals surface area contributed by atoms with Gasteiger partial charge in [-0.05, 0) is 42.5 Å². The zero-order chi connectivity index (χ0) is 19.0. The Bertz CT molecular complexity index is 965. The summed E-state index contributed by atoms with van der Waals surface area (Å²) in [4.78, 5) is 19.4. The quantitative estimate of drug-likeness (QED) is 0.654. The Hall–Kier alpha value is -2.38. The van der Waals surface area contributed by atoms with Gasteiger partial charge in [-0.25, -0.2) is 4.39 Å². The number of carboxylic acid groups (broad SMARTS) is 1. The highest BCUT2D eigenvalue weighted by molar-refractivity contribution is 9.10. The number of aromatic amines is 1. The van der Waals surface area contributed by atoms with Crippen molar-refractivity contribution in [3.63, 3.8) is 0 Å². The van der Waals surface area contributed by atoms with Crippen LogP contribution in [0.3, 0.4) is 0 Å². The van der Waals surface area contributed by atoms with Crippen LogP contribution in [-0.2, 0) is 4.79 Å². The average molecular weight is 432 g/mol. The molecule has 3 aromatic rings. The van der Waals surface area contributed by atoms with E-state index in [-0.39, 0.29) is 5.82 Å². The largest absolute Gasteiger partial charge is 0.480 e. The van der Waals surface area contributed by atoms with Gasteiger partial charge in [0, 0.05) is 59.0 Å². The first-order chi connectivity index (χ1) is 13.0. The predicted molar refractivity (Wildman–Crippen MR) is 107 cm³/mol. The molecule has 2 aromatic carbocycles. The van der Waals surface area contributed by atoms with Crippen molar-refractivity contribution in [3.8, 4) is 0 Å². The van der Waals surface area contributed by atoms with Gasteiger partial charge in [0.25, 0.3) is 0 Å². The maximum Gasteiger partial charge on any atom is 0.325 e. The zero-order valence-electron chi connectivity index (χ0n) is 14.5. The minimum absolute atomic E-state index is 0.256. The molecule has 1 atom stereocenters. The lowest BCUT2D eigenvalue weighted by molar-refractivity contribution is -0.143. The molecule has 7 heteroatoms. The van der Waals surface area contributed by atoms with Gasteiger partial charge in [-0.15, -0.1) is 0 Å². The molecule has 0 bridgehead atoms. The van der Waals surface area contributed by atoms with E-state index in [1.54, 1.807) is 18.3 Å². The van der Waals surface area contributed by atoms with Gasteiger partial charge in [0.05, 0.1) is 0 Å². The average Bonchev–Trinajstić information content (AvgIpc) is 3.06. The summed E-state index contributed by atoms with van der Waals surface area (Å²) >= 11 is 3.46. The van der Waals surface area contributed by atoms with Crippen molar-refractivity contribution >= 4 is 38.5 Å². The van der Waals surface area contributed by atoms with Gasteiger partial charge in [0.1, 0.15) is 11.9 Å². The van der Waals surface area contributed by atoms with Crippen molar-refractivity contribution in [1.82, 2.24) is 9.88 Å². The molecule has 1 aromatic heterocycles. The summed E-state index contributed by atoms with van der Waals surface area (Å²) in [6, 6.07) is 11.5. The maximum absolute atomic E-state index is 13.1. The molecule has 2 heterocycles. The fourth-order valence-electron chi connectivity index (χ4n) is 3.72. The number of fused-ring (bicyclic) bond motifs is 1. The number of H-pyrrole nitrogens is 1. The van der Waals surface area contributed by atoms with Crippen LogP contribution in [0.1, 0.15) is 11.6 Å². The first-order valence-corrected chi connectivity index (χ1v) is 9.56. The SMILES string of the molecule is O=C(O)C(c1c[nH]c2ccc(Br)cc12)N1CCN(c2ccc(F)cc2)CC1. The first-order valence-electron chi connectivity index (χ1n) is 8.77. The number of piperazine rings is 1. The number of anilines is 1. The fourth-order valence-corrected chi connectivity index (χ4v) is 4.08. The highest BCUT2D eigenvalue weighted by atomic mass is 79.9. The molecule has 0 amide bonds. The number of halogens is 2. The van der Waals surface area contributed by atoms with Crippen molar-refractivity contribution in [2.45, 2.75) is 6.04 Å². The molecule has 4 rings (SSSR count). The number of nitrogens with one attached hydrogen (secondary N) is 1. The Kier molecular flexibility index (Phi) is 4.88. The van der Waals surface area contributed by atoms with Crippen molar-refractivity contribution in [3.05, 3.63) is 64.5 Å². The second-order valence-corrected chi connectivity index (χ2v) is 7.59.